The van der Waals surface area contributed by atoms with Gasteiger partial charge in [0, 0.05) is 31.9 Å². The van der Waals surface area contributed by atoms with Crippen LogP contribution in [0.25, 0.3) is 11.1 Å². The van der Waals surface area contributed by atoms with E-state index in [9.17, 15) is 9.59 Å². The summed E-state index contributed by atoms with van der Waals surface area (Å²) < 4.78 is 12.3. The molecular formula is C22H22N4O4. The van der Waals surface area contributed by atoms with Crippen LogP contribution in [-0.4, -0.2) is 34.9 Å². The molecule has 0 saturated carbocycles. The number of nitrogens with one attached hydrogen (secondary N) is 2. The summed E-state index contributed by atoms with van der Waals surface area (Å²) in [6.45, 7) is 0.807. The maximum absolute atomic E-state index is 12.0. The molecule has 4 rings (SSSR count). The minimum absolute atomic E-state index is 0.194. The second kappa shape index (κ2) is 8.69. The van der Waals surface area contributed by atoms with Crippen molar-refractivity contribution in [2.24, 2.45) is 7.05 Å². The molecule has 1 aliphatic heterocycles. The van der Waals surface area contributed by atoms with Gasteiger partial charge in [-0.05, 0) is 35.2 Å². The molecule has 3 aromatic rings. The number of hydrogen-bond acceptors (Lipinski definition) is 5. The number of carbonyl (C=O) groups is 2. The van der Waals surface area contributed by atoms with E-state index in [1.165, 1.54) is 0 Å². The molecule has 0 aliphatic carbocycles. The van der Waals surface area contributed by atoms with Crippen LogP contribution in [0.5, 0.6) is 11.5 Å². The quantitative estimate of drug-likeness (QED) is 0.609. The van der Waals surface area contributed by atoms with Crippen molar-refractivity contribution in [2.45, 2.75) is 13.0 Å². The lowest BCUT2D eigenvalue weighted by molar-refractivity contribution is -0.139. The van der Waals surface area contributed by atoms with Crippen LogP contribution in [0, 0.1) is 0 Å². The van der Waals surface area contributed by atoms with Crippen LogP contribution in [0.1, 0.15) is 11.1 Å². The van der Waals surface area contributed by atoms with Gasteiger partial charge in [0.25, 0.3) is 0 Å². The summed E-state index contributed by atoms with van der Waals surface area (Å²) in [4.78, 5) is 24.0. The Morgan fingerprint density at radius 2 is 1.70 bits per heavy atom. The van der Waals surface area contributed by atoms with Crippen molar-refractivity contribution in [3.8, 4) is 22.6 Å². The number of hydrogen-bond donors (Lipinski definition) is 2. The summed E-state index contributed by atoms with van der Waals surface area (Å²) in [5, 5.41) is 9.43. The van der Waals surface area contributed by atoms with Crippen LogP contribution >= 0.6 is 0 Å². The van der Waals surface area contributed by atoms with Gasteiger partial charge in [-0.25, -0.2) is 0 Å². The van der Waals surface area contributed by atoms with Gasteiger partial charge in [-0.2, -0.15) is 5.10 Å². The Labute approximate surface area is 173 Å². The lowest BCUT2D eigenvalue weighted by Gasteiger charge is -2.08. The molecule has 1 aromatic heterocycles. The Morgan fingerprint density at radius 1 is 0.967 bits per heavy atom. The van der Waals surface area contributed by atoms with E-state index in [0.717, 1.165) is 22.3 Å². The Kier molecular flexibility index (Phi) is 5.65. The van der Waals surface area contributed by atoms with Crippen molar-refractivity contribution in [2.75, 3.05) is 13.3 Å². The van der Waals surface area contributed by atoms with Gasteiger partial charge in [-0.1, -0.05) is 30.3 Å². The number of rotatable bonds is 6. The predicted molar refractivity (Wildman–Crippen MR) is 110 cm³/mol. The van der Waals surface area contributed by atoms with Gasteiger partial charge in [-0.3, -0.25) is 14.3 Å². The van der Waals surface area contributed by atoms with Crippen molar-refractivity contribution in [3.05, 3.63) is 66.0 Å². The van der Waals surface area contributed by atoms with Gasteiger partial charge in [0.15, 0.2) is 11.5 Å². The minimum atomic E-state index is -0.667. The fourth-order valence-corrected chi connectivity index (χ4v) is 3.15. The van der Waals surface area contributed by atoms with Crippen molar-refractivity contribution in [3.63, 3.8) is 0 Å². The van der Waals surface area contributed by atoms with Gasteiger partial charge in [-0.15, -0.1) is 0 Å². The van der Waals surface area contributed by atoms with Crippen molar-refractivity contribution >= 4 is 11.8 Å². The smallest absolute Gasteiger partial charge is 0.309 e. The van der Waals surface area contributed by atoms with E-state index >= 15 is 0 Å². The molecule has 2 N–H and O–H groups in total. The maximum Gasteiger partial charge on any atom is 0.309 e. The van der Waals surface area contributed by atoms with Crippen LogP contribution in [0.15, 0.2) is 54.9 Å². The van der Waals surface area contributed by atoms with Gasteiger partial charge < -0.3 is 20.1 Å². The summed E-state index contributed by atoms with van der Waals surface area (Å²) in [6, 6.07) is 13.4. The molecule has 2 amide bonds. The fraction of sp³-hybridized carbons (Fsp3) is 0.227. The number of benzene rings is 2. The highest BCUT2D eigenvalue weighted by molar-refractivity contribution is 6.35. The van der Waals surface area contributed by atoms with Gasteiger partial charge in [0.1, 0.15) is 0 Å². The highest BCUT2D eigenvalue weighted by Crippen LogP contribution is 2.32. The number of amides is 2. The molecule has 0 unspecified atom stereocenters. The first-order valence-electron chi connectivity index (χ1n) is 9.61. The maximum atomic E-state index is 12.0. The normalized spacial score (nSPS) is 11.9. The molecule has 154 valence electrons. The average molecular weight is 406 g/mol. The van der Waals surface area contributed by atoms with Crippen LogP contribution in [0.2, 0.25) is 0 Å². The van der Waals surface area contributed by atoms with Gasteiger partial charge in [0.05, 0.1) is 6.20 Å². The number of nitrogens with zero attached hydrogens (tertiary/aromatic N) is 2. The minimum Gasteiger partial charge on any atom is -0.454 e. The Bertz CT molecular complexity index is 1060. The van der Waals surface area contributed by atoms with E-state index in [2.05, 4.69) is 15.7 Å². The first kappa shape index (κ1) is 19.5. The molecule has 2 heterocycles. The molecule has 0 atom stereocenters. The van der Waals surface area contributed by atoms with Crippen molar-refractivity contribution < 1.29 is 19.1 Å². The van der Waals surface area contributed by atoms with E-state index < -0.39 is 11.8 Å². The van der Waals surface area contributed by atoms with Crippen molar-refractivity contribution in [1.82, 2.24) is 20.4 Å². The third-order valence-corrected chi connectivity index (χ3v) is 4.79. The molecule has 8 nitrogen and oxygen atoms in total. The Morgan fingerprint density at radius 3 is 2.47 bits per heavy atom. The molecule has 1 aliphatic rings. The summed E-state index contributed by atoms with van der Waals surface area (Å²) in [5.74, 6) is -0.000602. The second-order valence-electron chi connectivity index (χ2n) is 6.98. The first-order valence-corrected chi connectivity index (χ1v) is 9.61. The van der Waals surface area contributed by atoms with E-state index in [4.69, 9.17) is 9.47 Å². The highest BCUT2D eigenvalue weighted by atomic mass is 16.7. The van der Waals surface area contributed by atoms with Crippen LogP contribution in [-0.2, 0) is 29.6 Å². The molecule has 8 heteroatoms. The predicted octanol–water partition coefficient (Wildman–Crippen LogP) is 1.79. The third kappa shape index (κ3) is 4.60. The second-order valence-corrected chi connectivity index (χ2v) is 6.98. The Hall–Kier alpha value is -3.81. The molecule has 30 heavy (non-hydrogen) atoms. The van der Waals surface area contributed by atoms with Gasteiger partial charge in [0.2, 0.25) is 6.79 Å². The Balaban J connectivity index is 1.21. The zero-order chi connectivity index (χ0) is 20.9. The van der Waals surface area contributed by atoms with Crippen molar-refractivity contribution in [1.29, 1.82) is 0 Å². The highest BCUT2D eigenvalue weighted by Gasteiger charge is 2.15. The zero-order valence-electron chi connectivity index (χ0n) is 16.6. The summed E-state index contributed by atoms with van der Waals surface area (Å²) in [5.41, 5.74) is 4.04. The molecule has 2 aromatic carbocycles. The first-order chi connectivity index (χ1) is 14.6. The lowest BCUT2D eigenvalue weighted by Crippen LogP contribution is -2.40. The molecule has 0 radical (unpaired) electrons. The van der Waals surface area contributed by atoms with E-state index in [-0.39, 0.29) is 13.3 Å². The lowest BCUT2D eigenvalue weighted by atomic mass is 10.1. The summed E-state index contributed by atoms with van der Waals surface area (Å²) in [6.07, 6.45) is 4.41. The SMILES string of the molecule is Cn1cc(-c2ccc(CCNC(=O)C(=O)NCc3ccc4c(c3)OCO4)cc2)cn1. The largest absolute Gasteiger partial charge is 0.454 e. The van der Waals surface area contributed by atoms with Crippen LogP contribution in [0.4, 0.5) is 0 Å². The van der Waals surface area contributed by atoms with Crippen LogP contribution in [0.3, 0.4) is 0 Å². The number of aromatic nitrogens is 2. The van der Waals surface area contributed by atoms with E-state index in [0.29, 0.717) is 24.5 Å². The molecule has 0 fully saturated rings. The monoisotopic (exact) mass is 406 g/mol. The summed E-state index contributed by atoms with van der Waals surface area (Å²) in [7, 11) is 1.88. The zero-order valence-corrected chi connectivity index (χ0v) is 16.6. The molecule has 0 bridgehead atoms. The average Bonchev–Trinajstić information content (AvgIpc) is 3.40. The number of aryl methyl sites for hydroxylation is 1. The molecule has 0 spiro atoms. The molecule has 0 saturated heterocycles. The standard InChI is InChI=1S/C22H22N4O4/c1-26-13-18(12-25-26)17-5-2-15(3-6-17)8-9-23-21(27)22(28)24-11-16-4-7-19-20(10-16)30-14-29-19/h2-7,10,12-13H,8-9,11,14H2,1H3,(H,23,27)(H,24,28). The number of fused-ring (bicyclic) bond motifs is 1. The fourth-order valence-electron chi connectivity index (χ4n) is 3.15. The topological polar surface area (TPSA) is 94.5 Å². The van der Waals surface area contributed by atoms with Gasteiger partial charge >= 0.3 is 11.8 Å². The van der Waals surface area contributed by atoms with E-state index in [1.54, 1.807) is 16.8 Å². The number of carbonyl (C=O) groups excluding carboxylic acids is 2. The van der Waals surface area contributed by atoms with Crippen LogP contribution < -0.4 is 20.1 Å². The number of ether oxygens (including phenoxy) is 2. The summed E-state index contributed by atoms with van der Waals surface area (Å²) >= 11 is 0. The van der Waals surface area contributed by atoms with E-state index in [1.807, 2.05) is 49.8 Å². The molecular weight excluding hydrogens is 384 g/mol. The third-order valence-electron chi connectivity index (χ3n) is 4.79.